The van der Waals surface area contributed by atoms with Crippen molar-refractivity contribution in [1.29, 1.82) is 0 Å². The van der Waals surface area contributed by atoms with Gasteiger partial charge in [-0.2, -0.15) is 0 Å². The summed E-state index contributed by atoms with van der Waals surface area (Å²) in [5.74, 6) is 0. The molecule has 1 aliphatic heterocycles. The molecule has 2 N–H and O–H groups in total. The van der Waals surface area contributed by atoms with Gasteiger partial charge in [0.05, 0.1) is 38.6 Å². The van der Waals surface area contributed by atoms with E-state index < -0.39 is 6.10 Å². The second-order valence-electron chi connectivity index (χ2n) is 4.21. The predicted octanol–water partition coefficient (Wildman–Crippen LogP) is -0.764. The number of nitrogens with zero attached hydrogens (tertiary/aromatic N) is 1. The Labute approximate surface area is 103 Å². The first kappa shape index (κ1) is 14.8. The molecule has 0 saturated carbocycles. The van der Waals surface area contributed by atoms with Crippen molar-refractivity contribution in [3.8, 4) is 0 Å². The molecule has 0 bridgehead atoms. The summed E-state index contributed by atoms with van der Waals surface area (Å²) in [6.07, 6.45) is -0.491. The van der Waals surface area contributed by atoms with Crippen LogP contribution in [0.1, 0.15) is 6.92 Å². The molecule has 1 rings (SSSR count). The van der Waals surface area contributed by atoms with E-state index in [2.05, 4.69) is 10.4 Å². The largest absolute Gasteiger partial charge is 0.389 e. The third kappa shape index (κ3) is 6.92. The third-order valence-corrected chi connectivity index (χ3v) is 2.54. The molecular formula is C11H24N2O4. The number of methoxy groups -OCH3 is 1. The van der Waals surface area contributed by atoms with Crippen molar-refractivity contribution in [2.75, 3.05) is 53.2 Å². The average molecular weight is 248 g/mol. The first-order chi connectivity index (χ1) is 8.22. The van der Waals surface area contributed by atoms with Gasteiger partial charge in [-0.15, -0.1) is 0 Å². The van der Waals surface area contributed by atoms with Gasteiger partial charge >= 0.3 is 0 Å². The molecule has 1 aliphatic rings. The standard InChI is InChI=1S/C11H24N2O4/c1-10(8-15-2)17-9-11(14)7-12-13-3-5-16-6-4-13/h10-12,14H,3-9H2,1-2H3. The molecule has 1 saturated heterocycles. The molecule has 0 radical (unpaired) electrons. The first-order valence-electron chi connectivity index (χ1n) is 6.07. The van der Waals surface area contributed by atoms with E-state index in [1.165, 1.54) is 0 Å². The lowest BCUT2D eigenvalue weighted by Crippen LogP contribution is -2.48. The molecule has 0 spiro atoms. The number of morpholine rings is 1. The van der Waals surface area contributed by atoms with Crippen LogP contribution in [0.2, 0.25) is 0 Å². The van der Waals surface area contributed by atoms with Crippen LogP contribution in [0.15, 0.2) is 0 Å². The minimum atomic E-state index is -0.503. The van der Waals surface area contributed by atoms with Crippen molar-refractivity contribution in [3.05, 3.63) is 0 Å². The lowest BCUT2D eigenvalue weighted by atomic mass is 10.3. The summed E-state index contributed by atoms with van der Waals surface area (Å²) in [4.78, 5) is 0. The van der Waals surface area contributed by atoms with Crippen LogP contribution in [0.3, 0.4) is 0 Å². The van der Waals surface area contributed by atoms with Gasteiger partial charge in [0.15, 0.2) is 0 Å². The quantitative estimate of drug-likeness (QED) is 0.588. The lowest BCUT2D eigenvalue weighted by Gasteiger charge is -2.28. The summed E-state index contributed by atoms with van der Waals surface area (Å²) in [7, 11) is 1.64. The van der Waals surface area contributed by atoms with Gasteiger partial charge in [-0.3, -0.25) is 5.43 Å². The molecule has 1 heterocycles. The Morgan fingerprint density at radius 3 is 2.71 bits per heavy atom. The van der Waals surface area contributed by atoms with Gasteiger partial charge < -0.3 is 19.3 Å². The molecule has 17 heavy (non-hydrogen) atoms. The zero-order valence-corrected chi connectivity index (χ0v) is 10.7. The van der Waals surface area contributed by atoms with Crippen molar-refractivity contribution in [1.82, 2.24) is 10.4 Å². The monoisotopic (exact) mass is 248 g/mol. The van der Waals surface area contributed by atoms with Crippen LogP contribution in [0.4, 0.5) is 0 Å². The number of hydrogen-bond donors (Lipinski definition) is 2. The molecule has 1 fully saturated rings. The van der Waals surface area contributed by atoms with Crippen molar-refractivity contribution in [2.24, 2.45) is 0 Å². The molecule has 2 atom stereocenters. The van der Waals surface area contributed by atoms with Gasteiger partial charge in [0.2, 0.25) is 0 Å². The highest BCUT2D eigenvalue weighted by atomic mass is 16.5. The maximum absolute atomic E-state index is 9.71. The summed E-state index contributed by atoms with van der Waals surface area (Å²) in [6, 6.07) is 0. The summed E-state index contributed by atoms with van der Waals surface area (Å²) in [6.45, 7) is 6.48. The first-order valence-corrected chi connectivity index (χ1v) is 6.07. The number of aliphatic hydroxyl groups excluding tert-OH is 1. The number of aliphatic hydroxyl groups is 1. The van der Waals surface area contributed by atoms with Crippen LogP contribution in [-0.2, 0) is 14.2 Å². The van der Waals surface area contributed by atoms with Gasteiger partial charge in [0.25, 0.3) is 0 Å². The number of hydrogen-bond acceptors (Lipinski definition) is 6. The second-order valence-corrected chi connectivity index (χ2v) is 4.21. The van der Waals surface area contributed by atoms with E-state index in [0.717, 1.165) is 26.3 Å². The Balaban J connectivity index is 2.01. The van der Waals surface area contributed by atoms with E-state index in [0.29, 0.717) is 19.8 Å². The van der Waals surface area contributed by atoms with Crippen molar-refractivity contribution >= 4 is 0 Å². The number of ether oxygens (including phenoxy) is 3. The SMILES string of the molecule is COCC(C)OCC(O)CNN1CCOCC1. The molecule has 6 heteroatoms. The van der Waals surface area contributed by atoms with Crippen LogP contribution in [0.5, 0.6) is 0 Å². The van der Waals surface area contributed by atoms with Crippen molar-refractivity contribution in [3.63, 3.8) is 0 Å². The Kier molecular flexibility index (Phi) is 7.67. The van der Waals surface area contributed by atoms with Crippen LogP contribution < -0.4 is 5.43 Å². The Morgan fingerprint density at radius 2 is 2.06 bits per heavy atom. The number of rotatable bonds is 8. The van der Waals surface area contributed by atoms with Crippen LogP contribution in [0.25, 0.3) is 0 Å². The normalized spacial score (nSPS) is 21.4. The highest BCUT2D eigenvalue weighted by molar-refractivity contribution is 4.62. The van der Waals surface area contributed by atoms with Crippen LogP contribution in [0, 0.1) is 0 Å². The second kappa shape index (κ2) is 8.79. The highest BCUT2D eigenvalue weighted by Crippen LogP contribution is 1.95. The fourth-order valence-corrected chi connectivity index (χ4v) is 1.57. The van der Waals surface area contributed by atoms with Crippen LogP contribution in [-0.4, -0.2) is 75.5 Å². The third-order valence-electron chi connectivity index (χ3n) is 2.54. The summed E-state index contributed by atoms with van der Waals surface area (Å²) in [5.41, 5.74) is 3.17. The zero-order valence-electron chi connectivity index (χ0n) is 10.7. The van der Waals surface area contributed by atoms with E-state index >= 15 is 0 Å². The number of nitrogens with one attached hydrogen (secondary N) is 1. The van der Waals surface area contributed by atoms with E-state index in [1.807, 2.05) is 6.92 Å². The topological polar surface area (TPSA) is 63.2 Å². The molecule has 6 nitrogen and oxygen atoms in total. The molecule has 0 aromatic heterocycles. The van der Waals surface area contributed by atoms with Crippen LogP contribution >= 0.6 is 0 Å². The van der Waals surface area contributed by atoms with Gasteiger partial charge in [0.1, 0.15) is 0 Å². The maximum atomic E-state index is 9.71. The maximum Gasteiger partial charge on any atom is 0.0911 e. The Bertz CT molecular complexity index is 188. The predicted molar refractivity (Wildman–Crippen MR) is 63.7 cm³/mol. The van der Waals surface area contributed by atoms with Crippen molar-refractivity contribution in [2.45, 2.75) is 19.1 Å². The summed E-state index contributed by atoms with van der Waals surface area (Å²) < 4.78 is 15.6. The molecule has 0 aliphatic carbocycles. The molecular weight excluding hydrogens is 224 g/mol. The number of hydrazine groups is 1. The molecule has 0 aromatic carbocycles. The molecule has 2 unspecified atom stereocenters. The van der Waals surface area contributed by atoms with E-state index in [4.69, 9.17) is 14.2 Å². The highest BCUT2D eigenvalue weighted by Gasteiger charge is 2.12. The minimum absolute atomic E-state index is 0.0121. The zero-order chi connectivity index (χ0) is 12.5. The minimum Gasteiger partial charge on any atom is -0.389 e. The smallest absolute Gasteiger partial charge is 0.0911 e. The van der Waals surface area contributed by atoms with Gasteiger partial charge in [0, 0.05) is 26.7 Å². The fourth-order valence-electron chi connectivity index (χ4n) is 1.57. The average Bonchev–Trinajstić information content (AvgIpc) is 2.35. The van der Waals surface area contributed by atoms with Gasteiger partial charge in [-0.1, -0.05) is 0 Å². The van der Waals surface area contributed by atoms with Gasteiger partial charge in [-0.25, -0.2) is 5.01 Å². The lowest BCUT2D eigenvalue weighted by molar-refractivity contribution is -0.0422. The van der Waals surface area contributed by atoms with E-state index in [1.54, 1.807) is 7.11 Å². The fraction of sp³-hybridized carbons (Fsp3) is 1.00. The molecule has 0 amide bonds. The van der Waals surface area contributed by atoms with Gasteiger partial charge in [-0.05, 0) is 6.92 Å². The molecule has 102 valence electrons. The van der Waals surface area contributed by atoms with E-state index in [9.17, 15) is 5.11 Å². The Hall–Kier alpha value is -0.240. The summed E-state index contributed by atoms with van der Waals surface area (Å²) >= 11 is 0. The Morgan fingerprint density at radius 1 is 1.35 bits per heavy atom. The molecule has 0 aromatic rings. The summed E-state index contributed by atoms with van der Waals surface area (Å²) in [5, 5.41) is 11.8. The van der Waals surface area contributed by atoms with Crippen molar-refractivity contribution < 1.29 is 19.3 Å². The van der Waals surface area contributed by atoms with E-state index in [-0.39, 0.29) is 6.10 Å².